The minimum absolute atomic E-state index is 0.0388. The van der Waals surface area contributed by atoms with Crippen molar-refractivity contribution in [2.45, 2.75) is 51.6 Å². The lowest BCUT2D eigenvalue weighted by Gasteiger charge is -2.30. The lowest BCUT2D eigenvalue weighted by Crippen LogP contribution is -2.44. The lowest BCUT2D eigenvalue weighted by atomic mass is 9.83. The van der Waals surface area contributed by atoms with Crippen LogP contribution in [0.5, 0.6) is 0 Å². The van der Waals surface area contributed by atoms with Gasteiger partial charge >= 0.3 is 6.03 Å². The van der Waals surface area contributed by atoms with Gasteiger partial charge in [0.1, 0.15) is 5.82 Å². The molecule has 0 spiro atoms. The van der Waals surface area contributed by atoms with E-state index in [4.69, 9.17) is 0 Å². The number of hydrogen-bond acceptors (Lipinski definition) is 1. The zero-order valence-corrected chi connectivity index (χ0v) is 15.5. The average molecular weight is 354 g/mol. The molecule has 0 bridgehead atoms. The molecule has 138 valence electrons. The molecule has 1 atom stereocenters. The second-order valence-corrected chi connectivity index (χ2v) is 7.33. The van der Waals surface area contributed by atoms with E-state index in [-0.39, 0.29) is 17.9 Å². The number of rotatable bonds is 5. The number of nitrogens with zero attached hydrogens (tertiary/aromatic N) is 1. The Morgan fingerprint density at radius 2 is 2.04 bits per heavy atom. The maximum Gasteiger partial charge on any atom is 0.317 e. The van der Waals surface area contributed by atoms with Crippen molar-refractivity contribution in [1.29, 1.82) is 0 Å². The Balaban J connectivity index is 1.64. The van der Waals surface area contributed by atoms with Crippen LogP contribution in [0, 0.1) is 5.82 Å². The molecule has 0 aliphatic heterocycles. The van der Waals surface area contributed by atoms with Gasteiger partial charge in [-0.05, 0) is 61.9 Å². The zero-order chi connectivity index (χ0) is 18.5. The molecule has 0 saturated heterocycles. The van der Waals surface area contributed by atoms with E-state index in [9.17, 15) is 9.18 Å². The molecule has 0 aromatic heterocycles. The number of amides is 2. The third-order valence-corrected chi connectivity index (χ3v) is 5.12. The van der Waals surface area contributed by atoms with Crippen LogP contribution in [0.4, 0.5) is 9.18 Å². The van der Waals surface area contributed by atoms with Gasteiger partial charge in [-0.2, -0.15) is 0 Å². The second kappa shape index (κ2) is 8.35. The molecule has 3 nitrogen and oxygen atoms in total. The number of carbonyl (C=O) groups is 1. The van der Waals surface area contributed by atoms with Gasteiger partial charge < -0.3 is 10.2 Å². The van der Waals surface area contributed by atoms with Crippen LogP contribution in [0.25, 0.3) is 0 Å². The lowest BCUT2D eigenvalue weighted by molar-refractivity contribution is 0.178. The Kier molecular flexibility index (Phi) is 5.92. The van der Waals surface area contributed by atoms with Crippen molar-refractivity contribution in [3.05, 3.63) is 71.0 Å². The van der Waals surface area contributed by atoms with Gasteiger partial charge in [0.25, 0.3) is 0 Å². The van der Waals surface area contributed by atoms with Crippen LogP contribution in [0.2, 0.25) is 0 Å². The molecule has 26 heavy (non-hydrogen) atoms. The first kappa shape index (κ1) is 18.4. The number of halogens is 1. The number of aryl methyl sites for hydroxylation is 1. The van der Waals surface area contributed by atoms with Crippen LogP contribution in [-0.2, 0) is 13.0 Å². The summed E-state index contributed by atoms with van der Waals surface area (Å²) < 4.78 is 13.4. The Labute approximate surface area is 155 Å². The van der Waals surface area contributed by atoms with E-state index in [0.717, 1.165) is 24.8 Å². The van der Waals surface area contributed by atoms with Gasteiger partial charge in [0.2, 0.25) is 0 Å². The molecule has 1 unspecified atom stereocenters. The highest BCUT2D eigenvalue weighted by atomic mass is 19.1. The molecule has 0 fully saturated rings. The summed E-state index contributed by atoms with van der Waals surface area (Å²) in [5, 5.41) is 3.10. The molecule has 2 aromatic carbocycles. The van der Waals surface area contributed by atoms with Gasteiger partial charge in [-0.15, -0.1) is 0 Å². The quantitative estimate of drug-likeness (QED) is 0.816. The van der Waals surface area contributed by atoms with Crippen molar-refractivity contribution < 1.29 is 9.18 Å². The van der Waals surface area contributed by atoms with Crippen molar-refractivity contribution >= 4 is 6.03 Å². The normalized spacial score (nSPS) is 16.2. The Morgan fingerprint density at radius 1 is 1.23 bits per heavy atom. The fourth-order valence-corrected chi connectivity index (χ4v) is 3.70. The van der Waals surface area contributed by atoms with E-state index < -0.39 is 0 Å². The summed E-state index contributed by atoms with van der Waals surface area (Å²) in [6.07, 6.45) is 3.38. The van der Waals surface area contributed by atoms with E-state index >= 15 is 0 Å². The first-order chi connectivity index (χ1) is 12.5. The number of urea groups is 1. The van der Waals surface area contributed by atoms with Gasteiger partial charge in [0.05, 0.1) is 0 Å². The number of nitrogens with one attached hydrogen (secondary N) is 1. The summed E-state index contributed by atoms with van der Waals surface area (Å²) in [5.41, 5.74) is 3.57. The third kappa shape index (κ3) is 4.43. The molecule has 0 saturated carbocycles. The second-order valence-electron chi connectivity index (χ2n) is 7.33. The molecular formula is C22H27FN2O. The molecule has 1 N–H and O–H groups in total. The van der Waals surface area contributed by atoms with Crippen LogP contribution in [0.15, 0.2) is 48.5 Å². The van der Waals surface area contributed by atoms with Gasteiger partial charge in [-0.3, -0.25) is 0 Å². The summed E-state index contributed by atoms with van der Waals surface area (Å²) >= 11 is 0. The number of benzene rings is 2. The fourth-order valence-electron chi connectivity index (χ4n) is 3.70. The van der Waals surface area contributed by atoms with Crippen molar-refractivity contribution in [3.8, 4) is 0 Å². The molecule has 4 heteroatoms. The standard InChI is InChI=1S/C22H27FN2O/c1-16(2)25(15-17-7-5-11-20(23)13-17)22(26)24-14-19-10-6-9-18-8-3-4-12-21(18)19/h3-5,7-8,11-13,16,19H,6,9-10,14-15H2,1-2H3,(H,24,26). The van der Waals surface area contributed by atoms with Gasteiger partial charge in [-0.1, -0.05) is 36.4 Å². The maximum absolute atomic E-state index is 13.4. The summed E-state index contributed by atoms with van der Waals surface area (Å²) in [5.74, 6) is 0.0949. The van der Waals surface area contributed by atoms with Gasteiger partial charge in [-0.25, -0.2) is 9.18 Å². The van der Waals surface area contributed by atoms with Crippen LogP contribution < -0.4 is 5.32 Å². The largest absolute Gasteiger partial charge is 0.337 e. The highest BCUT2D eigenvalue weighted by molar-refractivity contribution is 5.74. The van der Waals surface area contributed by atoms with Crippen molar-refractivity contribution in [3.63, 3.8) is 0 Å². The number of fused-ring (bicyclic) bond motifs is 1. The highest BCUT2D eigenvalue weighted by Crippen LogP contribution is 2.30. The van der Waals surface area contributed by atoms with Gasteiger partial charge in [0.15, 0.2) is 0 Å². The van der Waals surface area contributed by atoms with E-state index in [1.807, 2.05) is 19.9 Å². The predicted octanol–water partition coefficient (Wildman–Crippen LogP) is 4.87. The van der Waals surface area contributed by atoms with Crippen molar-refractivity contribution in [2.75, 3.05) is 6.54 Å². The van der Waals surface area contributed by atoms with Crippen LogP contribution in [0.3, 0.4) is 0 Å². The summed E-state index contributed by atoms with van der Waals surface area (Å²) in [6.45, 7) is 5.01. The highest BCUT2D eigenvalue weighted by Gasteiger charge is 2.22. The van der Waals surface area contributed by atoms with E-state index in [1.54, 1.807) is 11.0 Å². The molecule has 0 radical (unpaired) electrons. The topological polar surface area (TPSA) is 32.3 Å². The van der Waals surface area contributed by atoms with Crippen molar-refractivity contribution in [2.24, 2.45) is 0 Å². The Bertz CT molecular complexity index is 759. The minimum Gasteiger partial charge on any atom is -0.337 e. The minimum atomic E-state index is -0.273. The smallest absolute Gasteiger partial charge is 0.317 e. The molecule has 1 aliphatic rings. The molecule has 0 heterocycles. The zero-order valence-electron chi connectivity index (χ0n) is 15.5. The monoisotopic (exact) mass is 354 g/mol. The van der Waals surface area contributed by atoms with Crippen LogP contribution in [0.1, 0.15) is 49.3 Å². The summed E-state index contributed by atoms with van der Waals surface area (Å²) in [7, 11) is 0. The van der Waals surface area contributed by atoms with E-state index in [2.05, 4.69) is 29.6 Å². The molecule has 3 rings (SSSR count). The van der Waals surface area contributed by atoms with Crippen molar-refractivity contribution in [1.82, 2.24) is 10.2 Å². The first-order valence-electron chi connectivity index (χ1n) is 9.41. The Hall–Kier alpha value is -2.36. The average Bonchev–Trinajstić information content (AvgIpc) is 2.64. The summed E-state index contributed by atoms with van der Waals surface area (Å²) in [4.78, 5) is 14.5. The molecular weight excluding hydrogens is 327 g/mol. The SMILES string of the molecule is CC(C)N(Cc1cccc(F)c1)C(=O)NCC1CCCc2ccccc21. The molecule has 1 aliphatic carbocycles. The first-order valence-corrected chi connectivity index (χ1v) is 9.41. The van der Waals surface area contributed by atoms with E-state index in [0.29, 0.717) is 19.0 Å². The fraction of sp³-hybridized carbons (Fsp3) is 0.409. The maximum atomic E-state index is 13.4. The van der Waals surface area contributed by atoms with E-state index in [1.165, 1.54) is 23.3 Å². The number of carbonyl (C=O) groups excluding carboxylic acids is 1. The van der Waals surface area contributed by atoms with Gasteiger partial charge in [0, 0.05) is 25.0 Å². The molecule has 2 aromatic rings. The predicted molar refractivity (Wildman–Crippen MR) is 103 cm³/mol. The van der Waals surface area contributed by atoms with Crippen LogP contribution in [-0.4, -0.2) is 23.5 Å². The van der Waals surface area contributed by atoms with Crippen LogP contribution >= 0.6 is 0 Å². The Morgan fingerprint density at radius 3 is 2.81 bits per heavy atom. The molecule has 2 amide bonds. The summed E-state index contributed by atoms with van der Waals surface area (Å²) in [6, 6.07) is 14.9. The number of hydrogen-bond donors (Lipinski definition) is 1. The third-order valence-electron chi connectivity index (χ3n) is 5.12.